The highest BCUT2D eigenvalue weighted by molar-refractivity contribution is 5.97. The van der Waals surface area contributed by atoms with Gasteiger partial charge in [-0.2, -0.15) is 0 Å². The van der Waals surface area contributed by atoms with Crippen LogP contribution in [-0.2, 0) is 6.42 Å². The standard InChI is InChI=1S/C18H20N2O/c19-16-8-3-6-15(13-16)18(21)10-12-20-11-4-7-14-5-1-2-9-17(14)20/h1-3,5-6,8-9,13H,4,7,10-12,19H2. The van der Waals surface area contributed by atoms with Crippen molar-refractivity contribution in [3.63, 3.8) is 0 Å². The Hall–Kier alpha value is -2.29. The predicted octanol–water partition coefficient (Wildman–Crippen LogP) is 3.29. The molecular weight excluding hydrogens is 260 g/mol. The average molecular weight is 280 g/mol. The van der Waals surface area contributed by atoms with E-state index < -0.39 is 0 Å². The molecule has 0 aromatic heterocycles. The first-order valence-electron chi connectivity index (χ1n) is 7.45. The monoisotopic (exact) mass is 280 g/mol. The number of hydrogen-bond acceptors (Lipinski definition) is 3. The molecule has 2 aromatic rings. The predicted molar refractivity (Wildman–Crippen MR) is 86.8 cm³/mol. The smallest absolute Gasteiger partial charge is 0.164 e. The van der Waals surface area contributed by atoms with Gasteiger partial charge in [0.2, 0.25) is 0 Å². The molecule has 1 heterocycles. The molecular formula is C18H20N2O. The number of para-hydroxylation sites is 1. The summed E-state index contributed by atoms with van der Waals surface area (Å²) in [6.07, 6.45) is 2.82. The van der Waals surface area contributed by atoms with E-state index in [0.717, 1.165) is 25.9 Å². The number of Topliss-reactive ketones (excluding diaryl/α,β-unsaturated/α-hetero) is 1. The second-order valence-corrected chi connectivity index (χ2v) is 5.52. The van der Waals surface area contributed by atoms with Gasteiger partial charge in [-0.25, -0.2) is 0 Å². The van der Waals surface area contributed by atoms with Crippen LogP contribution >= 0.6 is 0 Å². The van der Waals surface area contributed by atoms with Gasteiger partial charge in [-0.3, -0.25) is 4.79 Å². The summed E-state index contributed by atoms with van der Waals surface area (Å²) in [5, 5.41) is 0. The van der Waals surface area contributed by atoms with Crippen LogP contribution in [-0.4, -0.2) is 18.9 Å². The van der Waals surface area contributed by atoms with E-state index in [1.165, 1.54) is 11.3 Å². The molecule has 2 aromatic carbocycles. The summed E-state index contributed by atoms with van der Waals surface area (Å²) >= 11 is 0. The van der Waals surface area contributed by atoms with Gasteiger partial charge in [-0.1, -0.05) is 30.3 Å². The largest absolute Gasteiger partial charge is 0.399 e. The van der Waals surface area contributed by atoms with Crippen LogP contribution in [0.3, 0.4) is 0 Å². The highest BCUT2D eigenvalue weighted by Crippen LogP contribution is 2.26. The van der Waals surface area contributed by atoms with Crippen molar-refractivity contribution in [2.75, 3.05) is 23.7 Å². The quantitative estimate of drug-likeness (QED) is 0.690. The maximum absolute atomic E-state index is 12.3. The van der Waals surface area contributed by atoms with E-state index in [9.17, 15) is 4.79 Å². The van der Waals surface area contributed by atoms with E-state index in [1.807, 2.05) is 12.1 Å². The topological polar surface area (TPSA) is 46.3 Å². The van der Waals surface area contributed by atoms with E-state index in [0.29, 0.717) is 17.7 Å². The number of anilines is 2. The maximum atomic E-state index is 12.3. The van der Waals surface area contributed by atoms with Crippen LogP contribution in [0.4, 0.5) is 11.4 Å². The number of nitrogens with zero attached hydrogens (tertiary/aromatic N) is 1. The van der Waals surface area contributed by atoms with Crippen molar-refractivity contribution in [1.29, 1.82) is 0 Å². The third-order valence-corrected chi connectivity index (χ3v) is 4.02. The lowest BCUT2D eigenvalue weighted by molar-refractivity contribution is 0.0984. The van der Waals surface area contributed by atoms with E-state index in [4.69, 9.17) is 5.73 Å². The molecule has 3 rings (SSSR count). The Morgan fingerprint density at radius 1 is 1.14 bits per heavy atom. The third kappa shape index (κ3) is 3.07. The van der Waals surface area contributed by atoms with Crippen molar-refractivity contribution in [3.8, 4) is 0 Å². The Kier molecular flexibility index (Phi) is 3.91. The zero-order chi connectivity index (χ0) is 14.7. The van der Waals surface area contributed by atoms with Crippen molar-refractivity contribution < 1.29 is 4.79 Å². The molecule has 0 saturated carbocycles. The lowest BCUT2D eigenvalue weighted by Crippen LogP contribution is -2.31. The van der Waals surface area contributed by atoms with Crippen LogP contribution in [0, 0.1) is 0 Å². The molecule has 1 aliphatic heterocycles. The number of rotatable bonds is 4. The van der Waals surface area contributed by atoms with Gasteiger partial charge in [0.25, 0.3) is 0 Å². The molecule has 0 spiro atoms. The fraction of sp³-hybridized carbons (Fsp3) is 0.278. The fourth-order valence-electron chi connectivity index (χ4n) is 2.94. The summed E-state index contributed by atoms with van der Waals surface area (Å²) in [6.45, 7) is 1.80. The van der Waals surface area contributed by atoms with E-state index >= 15 is 0 Å². The summed E-state index contributed by atoms with van der Waals surface area (Å²) in [7, 11) is 0. The minimum atomic E-state index is 0.158. The zero-order valence-corrected chi connectivity index (χ0v) is 12.1. The molecule has 2 N–H and O–H groups in total. The van der Waals surface area contributed by atoms with Crippen molar-refractivity contribution >= 4 is 17.2 Å². The van der Waals surface area contributed by atoms with Gasteiger partial charge in [0.15, 0.2) is 5.78 Å². The van der Waals surface area contributed by atoms with Crippen molar-refractivity contribution in [3.05, 3.63) is 59.7 Å². The minimum absolute atomic E-state index is 0.158. The molecule has 0 saturated heterocycles. The van der Waals surface area contributed by atoms with Crippen molar-refractivity contribution in [1.82, 2.24) is 0 Å². The maximum Gasteiger partial charge on any atom is 0.164 e. The number of carbonyl (C=O) groups excluding carboxylic acids is 1. The first-order valence-corrected chi connectivity index (χ1v) is 7.45. The molecule has 0 radical (unpaired) electrons. The van der Waals surface area contributed by atoms with Crippen LogP contribution in [0.25, 0.3) is 0 Å². The van der Waals surface area contributed by atoms with E-state index in [-0.39, 0.29) is 5.78 Å². The lowest BCUT2D eigenvalue weighted by atomic mass is 10.0. The Labute approximate surface area is 125 Å². The SMILES string of the molecule is Nc1cccc(C(=O)CCN2CCCc3ccccc32)c1. The Morgan fingerprint density at radius 3 is 2.86 bits per heavy atom. The molecule has 0 unspecified atom stereocenters. The van der Waals surface area contributed by atoms with Gasteiger partial charge < -0.3 is 10.6 Å². The van der Waals surface area contributed by atoms with Gasteiger partial charge in [0.05, 0.1) is 0 Å². The molecule has 1 aliphatic rings. The Morgan fingerprint density at radius 2 is 2.00 bits per heavy atom. The lowest BCUT2D eigenvalue weighted by Gasteiger charge is -2.31. The molecule has 3 heteroatoms. The molecule has 0 atom stereocenters. The van der Waals surface area contributed by atoms with Crippen LogP contribution in [0.15, 0.2) is 48.5 Å². The minimum Gasteiger partial charge on any atom is -0.399 e. The van der Waals surface area contributed by atoms with Gasteiger partial charge in [0, 0.05) is 36.4 Å². The summed E-state index contributed by atoms with van der Waals surface area (Å²) < 4.78 is 0. The molecule has 21 heavy (non-hydrogen) atoms. The van der Waals surface area contributed by atoms with Crippen molar-refractivity contribution in [2.45, 2.75) is 19.3 Å². The summed E-state index contributed by atoms with van der Waals surface area (Å²) in [5.74, 6) is 0.158. The van der Waals surface area contributed by atoms with Crippen molar-refractivity contribution in [2.24, 2.45) is 0 Å². The van der Waals surface area contributed by atoms with Crippen LogP contribution in [0.1, 0.15) is 28.8 Å². The number of benzene rings is 2. The third-order valence-electron chi connectivity index (χ3n) is 4.02. The van der Waals surface area contributed by atoms with Gasteiger partial charge >= 0.3 is 0 Å². The van der Waals surface area contributed by atoms with Gasteiger partial charge in [0.1, 0.15) is 0 Å². The molecule has 108 valence electrons. The number of nitrogen functional groups attached to an aromatic ring is 1. The summed E-state index contributed by atoms with van der Waals surface area (Å²) in [6, 6.07) is 15.7. The van der Waals surface area contributed by atoms with Gasteiger partial charge in [-0.15, -0.1) is 0 Å². The number of hydrogen-bond donors (Lipinski definition) is 1. The Bertz CT molecular complexity index is 651. The number of nitrogens with two attached hydrogens (primary N) is 1. The number of ketones is 1. The summed E-state index contributed by atoms with van der Waals surface area (Å²) in [5.41, 5.74) is 9.76. The molecule has 0 aliphatic carbocycles. The second kappa shape index (κ2) is 6.00. The average Bonchev–Trinajstić information content (AvgIpc) is 2.52. The molecule has 0 fully saturated rings. The number of fused-ring (bicyclic) bond motifs is 1. The first kappa shape index (κ1) is 13.7. The normalized spacial score (nSPS) is 13.8. The number of aryl methyl sites for hydroxylation is 1. The summed E-state index contributed by atoms with van der Waals surface area (Å²) in [4.78, 5) is 14.6. The molecule has 0 bridgehead atoms. The fourth-order valence-corrected chi connectivity index (χ4v) is 2.94. The molecule has 3 nitrogen and oxygen atoms in total. The highest BCUT2D eigenvalue weighted by atomic mass is 16.1. The second-order valence-electron chi connectivity index (χ2n) is 5.52. The van der Waals surface area contributed by atoms with Gasteiger partial charge in [-0.05, 0) is 36.6 Å². The zero-order valence-electron chi connectivity index (χ0n) is 12.1. The van der Waals surface area contributed by atoms with E-state index in [1.54, 1.807) is 12.1 Å². The van der Waals surface area contributed by atoms with Crippen LogP contribution in [0.2, 0.25) is 0 Å². The molecule has 0 amide bonds. The van der Waals surface area contributed by atoms with E-state index in [2.05, 4.69) is 29.2 Å². The first-order chi connectivity index (χ1) is 10.2. The van der Waals surface area contributed by atoms with Crippen LogP contribution in [0.5, 0.6) is 0 Å². The Balaban J connectivity index is 1.67. The van der Waals surface area contributed by atoms with Crippen LogP contribution < -0.4 is 10.6 Å². The highest BCUT2D eigenvalue weighted by Gasteiger charge is 2.17. The number of carbonyl (C=O) groups is 1.